The first-order valence-electron chi connectivity index (χ1n) is 7.09. The van der Waals surface area contributed by atoms with Crippen molar-refractivity contribution in [3.63, 3.8) is 0 Å². The minimum absolute atomic E-state index is 0.113. The van der Waals surface area contributed by atoms with E-state index in [0.717, 1.165) is 32.4 Å². The van der Waals surface area contributed by atoms with Gasteiger partial charge in [0, 0.05) is 20.5 Å². The highest BCUT2D eigenvalue weighted by molar-refractivity contribution is 5.77. The van der Waals surface area contributed by atoms with Crippen molar-refractivity contribution in [2.24, 2.45) is 0 Å². The molecule has 0 N–H and O–H groups in total. The number of esters is 1. The van der Waals surface area contributed by atoms with Crippen LogP contribution in [0.3, 0.4) is 0 Å². The van der Waals surface area contributed by atoms with Gasteiger partial charge in [0.25, 0.3) is 0 Å². The Bertz CT molecular complexity index is 267. The minimum Gasteiger partial charge on any atom is -0.466 e. The van der Waals surface area contributed by atoms with Crippen LogP contribution in [-0.4, -0.2) is 62.0 Å². The Morgan fingerprint density at radius 1 is 1.05 bits per heavy atom. The smallest absolute Gasteiger partial charge is 0.305 e. The zero-order valence-electron chi connectivity index (χ0n) is 12.8. The summed E-state index contributed by atoms with van der Waals surface area (Å²) in [6.45, 7) is 6.58. The van der Waals surface area contributed by atoms with Gasteiger partial charge >= 0.3 is 5.97 Å². The molecule has 0 radical (unpaired) electrons. The van der Waals surface area contributed by atoms with E-state index in [9.17, 15) is 9.59 Å². The molecule has 0 aliphatic carbocycles. The van der Waals surface area contributed by atoms with E-state index in [1.165, 1.54) is 0 Å². The number of hydrogen-bond acceptors (Lipinski definition) is 4. The van der Waals surface area contributed by atoms with E-state index in [-0.39, 0.29) is 11.9 Å². The molecule has 5 heteroatoms. The van der Waals surface area contributed by atoms with Gasteiger partial charge in [-0.25, -0.2) is 0 Å². The molecule has 19 heavy (non-hydrogen) atoms. The summed E-state index contributed by atoms with van der Waals surface area (Å²) >= 11 is 0. The number of hydrogen-bond donors (Lipinski definition) is 0. The normalized spacial score (nSPS) is 10.6. The van der Waals surface area contributed by atoms with Crippen LogP contribution in [0.15, 0.2) is 0 Å². The Labute approximate surface area is 116 Å². The number of rotatable bonds is 10. The third-order valence-electron chi connectivity index (χ3n) is 2.97. The van der Waals surface area contributed by atoms with Crippen LogP contribution in [0.2, 0.25) is 0 Å². The molecule has 0 spiro atoms. The van der Waals surface area contributed by atoms with Crippen molar-refractivity contribution in [3.8, 4) is 0 Å². The standard InChI is InChI=1S/C14H28N2O3/c1-5-16(12-13(17)15(3)4)11-9-7-8-10-14(18)19-6-2/h5-12H2,1-4H3. The van der Waals surface area contributed by atoms with Crippen LogP contribution >= 0.6 is 0 Å². The summed E-state index contributed by atoms with van der Waals surface area (Å²) in [7, 11) is 3.55. The molecule has 0 rings (SSSR count). The number of carbonyl (C=O) groups is 2. The SMILES string of the molecule is CCOC(=O)CCCCCN(CC)CC(=O)N(C)C. The van der Waals surface area contributed by atoms with Crippen molar-refractivity contribution in [1.82, 2.24) is 9.80 Å². The van der Waals surface area contributed by atoms with Gasteiger partial charge in [0.05, 0.1) is 13.2 Å². The second-order valence-corrected chi connectivity index (χ2v) is 4.77. The first-order chi connectivity index (χ1) is 9.01. The highest BCUT2D eigenvalue weighted by Gasteiger charge is 2.10. The summed E-state index contributed by atoms with van der Waals surface area (Å²) in [4.78, 5) is 26.5. The molecule has 0 aliphatic rings. The Kier molecular flexibility index (Phi) is 10.2. The second-order valence-electron chi connectivity index (χ2n) is 4.77. The molecule has 1 amide bonds. The van der Waals surface area contributed by atoms with E-state index in [2.05, 4.69) is 11.8 Å². The van der Waals surface area contributed by atoms with Crippen molar-refractivity contribution in [2.45, 2.75) is 39.5 Å². The molecule has 0 saturated carbocycles. The molecule has 112 valence electrons. The topological polar surface area (TPSA) is 49.9 Å². The zero-order valence-corrected chi connectivity index (χ0v) is 12.8. The van der Waals surface area contributed by atoms with Gasteiger partial charge in [-0.1, -0.05) is 13.3 Å². The lowest BCUT2D eigenvalue weighted by Gasteiger charge is -2.21. The molecule has 0 saturated heterocycles. The molecule has 0 bridgehead atoms. The molecular formula is C14H28N2O3. The molecule has 0 aromatic rings. The van der Waals surface area contributed by atoms with Crippen LogP contribution in [0.5, 0.6) is 0 Å². The molecule has 0 aromatic heterocycles. The maximum absolute atomic E-state index is 11.6. The number of nitrogens with zero attached hydrogens (tertiary/aromatic N) is 2. The summed E-state index contributed by atoms with van der Waals surface area (Å²) in [6, 6.07) is 0. The van der Waals surface area contributed by atoms with Crippen LogP contribution in [0.25, 0.3) is 0 Å². The van der Waals surface area contributed by atoms with Crippen molar-refractivity contribution in [3.05, 3.63) is 0 Å². The third kappa shape index (κ3) is 9.47. The largest absolute Gasteiger partial charge is 0.466 e. The lowest BCUT2D eigenvalue weighted by Crippen LogP contribution is -2.37. The van der Waals surface area contributed by atoms with E-state index < -0.39 is 0 Å². The number of unbranched alkanes of at least 4 members (excludes halogenated alkanes) is 2. The van der Waals surface area contributed by atoms with Gasteiger partial charge in [-0.15, -0.1) is 0 Å². The third-order valence-corrected chi connectivity index (χ3v) is 2.97. The monoisotopic (exact) mass is 272 g/mol. The van der Waals surface area contributed by atoms with Crippen LogP contribution < -0.4 is 0 Å². The van der Waals surface area contributed by atoms with Crippen LogP contribution in [0.1, 0.15) is 39.5 Å². The number of ether oxygens (including phenoxy) is 1. The summed E-state index contributed by atoms with van der Waals surface area (Å²) in [5.74, 6) is 0.0195. The van der Waals surface area contributed by atoms with Gasteiger partial charge in [0.1, 0.15) is 0 Å². The van der Waals surface area contributed by atoms with Gasteiger partial charge in [-0.2, -0.15) is 0 Å². The summed E-state index contributed by atoms with van der Waals surface area (Å²) in [5, 5.41) is 0. The molecule has 0 aromatic carbocycles. The van der Waals surface area contributed by atoms with Crippen molar-refractivity contribution in [2.75, 3.05) is 40.3 Å². The van der Waals surface area contributed by atoms with Crippen LogP contribution in [-0.2, 0) is 14.3 Å². The van der Waals surface area contributed by atoms with Gasteiger partial charge in [-0.05, 0) is 32.9 Å². The van der Waals surface area contributed by atoms with Crippen molar-refractivity contribution >= 4 is 11.9 Å². The van der Waals surface area contributed by atoms with Gasteiger partial charge in [0.15, 0.2) is 0 Å². The van der Waals surface area contributed by atoms with E-state index in [4.69, 9.17) is 4.74 Å². The molecule has 0 aliphatic heterocycles. The van der Waals surface area contributed by atoms with Gasteiger partial charge < -0.3 is 9.64 Å². The summed E-state index contributed by atoms with van der Waals surface area (Å²) in [5.41, 5.74) is 0. The molecular weight excluding hydrogens is 244 g/mol. The maximum atomic E-state index is 11.6. The first kappa shape index (κ1) is 17.9. The highest BCUT2D eigenvalue weighted by atomic mass is 16.5. The molecule has 0 heterocycles. The quantitative estimate of drug-likeness (QED) is 0.447. The number of likely N-dealkylation sites (N-methyl/N-ethyl adjacent to an activating group) is 2. The summed E-state index contributed by atoms with van der Waals surface area (Å²) in [6.07, 6.45) is 3.36. The predicted molar refractivity (Wildman–Crippen MR) is 75.9 cm³/mol. The minimum atomic E-state index is -0.113. The predicted octanol–water partition coefficient (Wildman–Crippen LogP) is 1.52. The second kappa shape index (κ2) is 10.8. The van der Waals surface area contributed by atoms with Crippen LogP contribution in [0.4, 0.5) is 0 Å². The van der Waals surface area contributed by atoms with Crippen LogP contribution in [0, 0.1) is 0 Å². The number of carbonyl (C=O) groups excluding carboxylic acids is 2. The average Bonchev–Trinajstić information content (AvgIpc) is 2.36. The fourth-order valence-electron chi connectivity index (χ4n) is 1.70. The van der Waals surface area contributed by atoms with Gasteiger partial charge in [0.2, 0.25) is 5.91 Å². The lowest BCUT2D eigenvalue weighted by molar-refractivity contribution is -0.143. The van der Waals surface area contributed by atoms with E-state index in [0.29, 0.717) is 19.6 Å². The fraction of sp³-hybridized carbons (Fsp3) is 0.857. The maximum Gasteiger partial charge on any atom is 0.305 e. The van der Waals surface area contributed by atoms with E-state index in [1.807, 2.05) is 6.92 Å². The summed E-state index contributed by atoms with van der Waals surface area (Å²) < 4.78 is 4.87. The molecule has 0 fully saturated rings. The Morgan fingerprint density at radius 2 is 1.74 bits per heavy atom. The molecule has 0 atom stereocenters. The Hall–Kier alpha value is -1.10. The lowest BCUT2D eigenvalue weighted by atomic mass is 10.2. The van der Waals surface area contributed by atoms with Crippen molar-refractivity contribution in [1.29, 1.82) is 0 Å². The molecule has 5 nitrogen and oxygen atoms in total. The Balaban J connectivity index is 3.67. The average molecular weight is 272 g/mol. The Morgan fingerprint density at radius 3 is 2.26 bits per heavy atom. The van der Waals surface area contributed by atoms with Crippen molar-refractivity contribution < 1.29 is 14.3 Å². The molecule has 0 unspecified atom stereocenters. The van der Waals surface area contributed by atoms with E-state index in [1.54, 1.807) is 19.0 Å². The fourth-order valence-corrected chi connectivity index (χ4v) is 1.70. The highest BCUT2D eigenvalue weighted by Crippen LogP contribution is 2.03. The van der Waals surface area contributed by atoms with E-state index >= 15 is 0 Å². The first-order valence-corrected chi connectivity index (χ1v) is 7.09. The van der Waals surface area contributed by atoms with Gasteiger partial charge in [-0.3, -0.25) is 14.5 Å². The number of amides is 1. The zero-order chi connectivity index (χ0) is 14.7.